The third-order valence-corrected chi connectivity index (χ3v) is 7.01. The van der Waals surface area contributed by atoms with Gasteiger partial charge in [0.2, 0.25) is 5.91 Å². The number of nitrogens with one attached hydrogen (secondary N) is 6. The second kappa shape index (κ2) is 27.3. The lowest BCUT2D eigenvalue weighted by Gasteiger charge is -2.25. The van der Waals surface area contributed by atoms with Crippen LogP contribution in [-0.2, 0) is 38.2 Å². The van der Waals surface area contributed by atoms with Crippen LogP contribution in [-0.4, -0.2) is 152 Å². The van der Waals surface area contributed by atoms with Crippen molar-refractivity contribution in [2.75, 3.05) is 72.6 Å². The smallest absolute Gasteiger partial charge is 0.328 e. The van der Waals surface area contributed by atoms with Gasteiger partial charge in [-0.05, 0) is 65.3 Å². The molecule has 0 spiro atoms. The van der Waals surface area contributed by atoms with Crippen molar-refractivity contribution in [3.8, 4) is 0 Å². The average molecular weight is 717 g/mol. The van der Waals surface area contributed by atoms with Crippen molar-refractivity contribution in [2.45, 2.75) is 70.4 Å². The summed E-state index contributed by atoms with van der Waals surface area (Å²) in [6, 6.07) is -1.54. The quantitative estimate of drug-likeness (QED) is 0.0160. The normalized spacial score (nSPS) is 12.1. The van der Waals surface area contributed by atoms with Gasteiger partial charge in [-0.15, -0.1) is 0 Å². The minimum absolute atomic E-state index is 0.00856. The zero-order valence-electron chi connectivity index (χ0n) is 29.1. The summed E-state index contributed by atoms with van der Waals surface area (Å²) in [4.78, 5) is 74.8. The first-order valence-corrected chi connectivity index (χ1v) is 16.5. The van der Waals surface area contributed by atoms with E-state index in [0.29, 0.717) is 51.5 Å². The maximum atomic E-state index is 12.9. The fourth-order valence-electron chi connectivity index (χ4n) is 4.64. The minimum atomic E-state index is -1.23. The Morgan fingerprint density at radius 3 is 1.54 bits per heavy atom. The molecule has 0 fully saturated rings. The van der Waals surface area contributed by atoms with Crippen LogP contribution in [0.1, 0.15) is 58.3 Å². The zero-order valence-corrected chi connectivity index (χ0v) is 29.1. The lowest BCUT2D eigenvalue weighted by molar-refractivity contribution is -0.149. The highest BCUT2D eigenvalue weighted by atomic mass is 16.5. The highest BCUT2D eigenvalue weighted by Gasteiger charge is 2.24. The van der Waals surface area contributed by atoms with Gasteiger partial charge in [-0.3, -0.25) is 44.6 Å². The predicted octanol–water partition coefficient (Wildman–Crippen LogP) is -2.41. The van der Waals surface area contributed by atoms with Gasteiger partial charge in [0.1, 0.15) is 17.9 Å². The van der Waals surface area contributed by atoms with Crippen molar-refractivity contribution in [3.05, 3.63) is 0 Å². The number of ketones is 1. The first kappa shape index (κ1) is 45.4. The topological polar surface area (TPSA) is 316 Å². The largest absolute Gasteiger partial charge is 0.480 e. The van der Waals surface area contributed by atoms with Crippen LogP contribution in [0.5, 0.6) is 0 Å². The number of amides is 1. The summed E-state index contributed by atoms with van der Waals surface area (Å²) < 4.78 is 10.7. The molecule has 0 aliphatic carbocycles. The van der Waals surface area contributed by atoms with Crippen LogP contribution in [0.15, 0.2) is 0 Å². The number of nitrogens with two attached hydrogens (primary N) is 2. The van der Waals surface area contributed by atoms with Crippen LogP contribution >= 0.6 is 0 Å². The van der Waals surface area contributed by atoms with Crippen molar-refractivity contribution in [3.63, 3.8) is 0 Å². The number of likely N-dealkylation sites (N-methyl/N-ethyl adjacent to an activating group) is 1. The van der Waals surface area contributed by atoms with E-state index in [4.69, 9.17) is 36.9 Å². The molecule has 0 bridgehead atoms. The molecule has 0 aromatic rings. The summed E-state index contributed by atoms with van der Waals surface area (Å²) in [6.45, 7) is 0.754. The molecule has 20 heteroatoms. The van der Waals surface area contributed by atoms with Gasteiger partial charge in [0.05, 0.1) is 39.4 Å². The van der Waals surface area contributed by atoms with Crippen molar-refractivity contribution in [2.24, 2.45) is 11.5 Å². The molecule has 0 heterocycles. The van der Waals surface area contributed by atoms with Crippen LogP contribution in [0.2, 0.25) is 0 Å². The summed E-state index contributed by atoms with van der Waals surface area (Å²) in [5, 5.41) is 43.6. The molecule has 50 heavy (non-hydrogen) atoms. The highest BCUT2D eigenvalue weighted by Crippen LogP contribution is 2.06. The number of nitrogens with zero attached hydrogens (tertiary/aromatic N) is 2. The molecule has 0 saturated heterocycles. The Morgan fingerprint density at radius 1 is 0.680 bits per heavy atom. The molecule has 0 aliphatic heterocycles. The molecule has 0 rings (SSSR count). The number of rotatable bonds is 30. The Balaban J connectivity index is 4.89. The molecule has 1 amide bonds. The third kappa shape index (κ3) is 25.5. The monoisotopic (exact) mass is 716 g/mol. The number of Topliss-reactive ketones (excluding diaryl/α,β-unsaturated/α-hetero) is 1. The van der Waals surface area contributed by atoms with Gasteiger partial charge < -0.3 is 52.4 Å². The second-order valence-electron chi connectivity index (χ2n) is 11.6. The van der Waals surface area contributed by atoms with Gasteiger partial charge in [0.25, 0.3) is 0 Å². The maximum Gasteiger partial charge on any atom is 0.328 e. The zero-order chi connectivity index (χ0) is 37.9. The number of carbonyl (C=O) groups is 6. The minimum Gasteiger partial charge on any atom is -0.480 e. The van der Waals surface area contributed by atoms with Crippen LogP contribution in [0, 0.1) is 10.8 Å². The summed E-state index contributed by atoms with van der Waals surface area (Å²) in [5.41, 5.74) is 10.5. The molecule has 2 unspecified atom stereocenters. The number of esters is 2. The second-order valence-corrected chi connectivity index (χ2v) is 11.6. The van der Waals surface area contributed by atoms with E-state index in [1.165, 1.54) is 16.7 Å². The van der Waals surface area contributed by atoms with Crippen molar-refractivity contribution in [1.82, 2.24) is 31.1 Å². The van der Waals surface area contributed by atoms with Crippen molar-refractivity contribution >= 4 is 47.5 Å². The predicted molar refractivity (Wildman–Crippen MR) is 182 cm³/mol. The van der Waals surface area contributed by atoms with E-state index in [-0.39, 0.29) is 69.5 Å². The number of aliphatic carboxylic acids is 2. The fourth-order valence-corrected chi connectivity index (χ4v) is 4.64. The number of hydrogen-bond donors (Lipinski definition) is 10. The first-order valence-electron chi connectivity index (χ1n) is 16.5. The van der Waals surface area contributed by atoms with E-state index in [9.17, 15) is 33.9 Å². The van der Waals surface area contributed by atoms with Gasteiger partial charge in [-0.25, -0.2) is 4.79 Å². The summed E-state index contributed by atoms with van der Waals surface area (Å²) in [5.74, 6) is -4.77. The molecule has 0 aromatic carbocycles. The number of hydrogen-bond acceptors (Lipinski definition) is 13. The van der Waals surface area contributed by atoms with E-state index in [1.807, 2.05) is 0 Å². The van der Waals surface area contributed by atoms with Gasteiger partial charge in [-0.1, -0.05) is 0 Å². The molecular formula is C30H56N10O10. The number of ether oxygens (including phenoxy) is 2. The molecular weight excluding hydrogens is 660 g/mol. The van der Waals surface area contributed by atoms with E-state index in [2.05, 4.69) is 21.3 Å². The Labute approximate surface area is 292 Å². The van der Waals surface area contributed by atoms with Crippen LogP contribution < -0.4 is 32.7 Å². The van der Waals surface area contributed by atoms with Gasteiger partial charge in [-0.2, -0.15) is 0 Å². The molecule has 12 N–H and O–H groups in total. The van der Waals surface area contributed by atoms with Gasteiger partial charge in [0.15, 0.2) is 11.9 Å². The molecule has 286 valence electrons. The fraction of sp³-hybridized carbons (Fsp3) is 0.733. The van der Waals surface area contributed by atoms with Crippen molar-refractivity contribution in [1.29, 1.82) is 10.8 Å². The lowest BCUT2D eigenvalue weighted by atomic mass is 10.1. The highest BCUT2D eigenvalue weighted by molar-refractivity contribution is 5.86. The Kier molecular flexibility index (Phi) is 24.8. The van der Waals surface area contributed by atoms with E-state index in [1.54, 1.807) is 7.05 Å². The van der Waals surface area contributed by atoms with E-state index in [0.717, 1.165) is 0 Å². The van der Waals surface area contributed by atoms with Crippen molar-refractivity contribution < 1.29 is 48.5 Å². The number of guanidine groups is 2. The molecule has 0 saturated carbocycles. The maximum absolute atomic E-state index is 12.9. The molecule has 0 aromatic heterocycles. The molecule has 0 aliphatic rings. The Bertz CT molecular complexity index is 1090. The van der Waals surface area contributed by atoms with Crippen LogP contribution in [0.4, 0.5) is 0 Å². The number of unbranched alkanes of at least 4 members (excludes halogenated alkanes) is 3. The van der Waals surface area contributed by atoms with Gasteiger partial charge >= 0.3 is 23.9 Å². The SMILES string of the molecule is CNC(CCCNC(=N)N)C(=O)OCCCCCCOC(=O)C(CCCNC(=N)N)NC(=O)CN(CCN(CC(C)=O)CC(=O)O)CC(=O)O. The average Bonchev–Trinajstić information content (AvgIpc) is 3.01. The van der Waals surface area contributed by atoms with Crippen LogP contribution in [0.25, 0.3) is 0 Å². The summed E-state index contributed by atoms with van der Waals surface area (Å²) in [6.07, 6.45) is 4.16. The number of carboxylic acid groups (broad SMARTS) is 2. The standard InChI is InChI=1S/C30H56N10O10/c1-21(41)17-39(19-25(43)44)13-14-40(20-26(45)46)18-24(42)38-23(10-8-12-37-30(33)34)28(48)50-16-6-4-3-5-15-49-27(47)22(35-2)9-7-11-36-29(31)32/h22-23,35H,3-20H2,1-2H3,(H,38,42)(H,43,44)(H,45,46)(H4,31,32,36)(H4,33,34,37). The summed E-state index contributed by atoms with van der Waals surface area (Å²) in [7, 11) is 1.66. The molecule has 2 atom stereocenters. The first-order chi connectivity index (χ1) is 23.6. The number of carboxylic acids is 2. The number of carbonyl (C=O) groups excluding carboxylic acids is 4. The summed E-state index contributed by atoms with van der Waals surface area (Å²) >= 11 is 0. The third-order valence-electron chi connectivity index (χ3n) is 7.01. The van der Waals surface area contributed by atoms with Crippen LogP contribution in [0.3, 0.4) is 0 Å². The lowest BCUT2D eigenvalue weighted by Crippen LogP contribution is -2.49. The molecule has 20 nitrogen and oxygen atoms in total. The molecule has 0 radical (unpaired) electrons. The van der Waals surface area contributed by atoms with Gasteiger partial charge in [0, 0.05) is 26.2 Å². The Morgan fingerprint density at radius 2 is 1.12 bits per heavy atom. The van der Waals surface area contributed by atoms with E-state index < -0.39 is 55.5 Å². The van der Waals surface area contributed by atoms with E-state index >= 15 is 0 Å². The Hall–Kier alpha value is -4.56.